The first-order chi connectivity index (χ1) is 5.16. The van der Waals surface area contributed by atoms with Crippen molar-refractivity contribution < 1.29 is 9.84 Å². The minimum Gasteiger partial charge on any atom is -0.506 e. The maximum atomic E-state index is 9.10. The molecular formula is C7H10N2O2. The molecule has 0 heterocycles. The molecule has 0 unspecified atom stereocenters. The highest BCUT2D eigenvalue weighted by atomic mass is 16.5. The number of nitrogens with two attached hydrogens (primary N) is 2. The van der Waals surface area contributed by atoms with Crippen LogP contribution in [0, 0.1) is 0 Å². The van der Waals surface area contributed by atoms with Crippen LogP contribution in [0.2, 0.25) is 0 Å². The maximum absolute atomic E-state index is 9.10. The smallest absolute Gasteiger partial charge is 0.168 e. The molecule has 0 radical (unpaired) electrons. The van der Waals surface area contributed by atoms with Crippen LogP contribution in [0.1, 0.15) is 0 Å². The monoisotopic (exact) mass is 154 g/mol. The zero-order valence-electron chi connectivity index (χ0n) is 6.16. The van der Waals surface area contributed by atoms with E-state index in [9.17, 15) is 0 Å². The molecular weight excluding hydrogens is 144 g/mol. The minimum absolute atomic E-state index is 0.0175. The van der Waals surface area contributed by atoms with E-state index < -0.39 is 0 Å². The highest BCUT2D eigenvalue weighted by Crippen LogP contribution is 2.35. The van der Waals surface area contributed by atoms with E-state index in [1.807, 2.05) is 0 Å². The molecule has 0 aliphatic heterocycles. The van der Waals surface area contributed by atoms with E-state index in [4.69, 9.17) is 21.3 Å². The summed E-state index contributed by atoms with van der Waals surface area (Å²) in [6.45, 7) is 0. The predicted octanol–water partition coefficient (Wildman–Crippen LogP) is 0.565. The van der Waals surface area contributed by atoms with Gasteiger partial charge in [-0.1, -0.05) is 0 Å². The molecule has 0 saturated carbocycles. The van der Waals surface area contributed by atoms with Crippen LogP contribution in [0.15, 0.2) is 12.1 Å². The van der Waals surface area contributed by atoms with Crippen LogP contribution in [0.4, 0.5) is 11.4 Å². The number of nitrogen functional groups attached to an aromatic ring is 2. The van der Waals surface area contributed by atoms with E-state index in [-0.39, 0.29) is 11.4 Å². The summed E-state index contributed by atoms with van der Waals surface area (Å²) < 4.78 is 4.85. The van der Waals surface area contributed by atoms with Gasteiger partial charge in [-0.25, -0.2) is 0 Å². The molecule has 11 heavy (non-hydrogen) atoms. The van der Waals surface area contributed by atoms with Gasteiger partial charge in [-0.3, -0.25) is 0 Å². The molecule has 1 rings (SSSR count). The highest BCUT2D eigenvalue weighted by molar-refractivity contribution is 5.72. The van der Waals surface area contributed by atoms with Crippen LogP contribution in [0.3, 0.4) is 0 Å². The molecule has 0 atom stereocenters. The van der Waals surface area contributed by atoms with E-state index in [1.165, 1.54) is 19.2 Å². The van der Waals surface area contributed by atoms with Crippen molar-refractivity contribution in [3.05, 3.63) is 12.1 Å². The topological polar surface area (TPSA) is 81.5 Å². The van der Waals surface area contributed by atoms with Crippen molar-refractivity contribution in [3.8, 4) is 11.5 Å². The third-order valence-corrected chi connectivity index (χ3v) is 1.41. The Hall–Kier alpha value is -1.58. The molecule has 4 nitrogen and oxygen atoms in total. The fraction of sp³-hybridized carbons (Fsp3) is 0.143. The lowest BCUT2D eigenvalue weighted by molar-refractivity contribution is 0.413. The second-order valence-corrected chi connectivity index (χ2v) is 2.12. The second-order valence-electron chi connectivity index (χ2n) is 2.12. The number of phenols is 1. The Balaban J connectivity index is 3.29. The Morgan fingerprint density at radius 3 is 2.45 bits per heavy atom. The van der Waals surface area contributed by atoms with Gasteiger partial charge in [0.2, 0.25) is 0 Å². The van der Waals surface area contributed by atoms with Crippen molar-refractivity contribution in [1.29, 1.82) is 0 Å². The van der Waals surface area contributed by atoms with Crippen molar-refractivity contribution in [2.24, 2.45) is 0 Å². The van der Waals surface area contributed by atoms with Gasteiger partial charge in [0.05, 0.1) is 12.8 Å². The van der Waals surface area contributed by atoms with E-state index in [1.54, 1.807) is 0 Å². The number of phenolic OH excluding ortho intramolecular Hbond substituents is 1. The second kappa shape index (κ2) is 2.57. The lowest BCUT2D eigenvalue weighted by atomic mass is 10.2. The van der Waals surface area contributed by atoms with E-state index in [0.29, 0.717) is 11.4 Å². The maximum Gasteiger partial charge on any atom is 0.168 e. The number of benzene rings is 1. The van der Waals surface area contributed by atoms with E-state index in [2.05, 4.69) is 0 Å². The summed E-state index contributed by atoms with van der Waals surface area (Å²) >= 11 is 0. The zero-order valence-corrected chi connectivity index (χ0v) is 6.16. The highest BCUT2D eigenvalue weighted by Gasteiger charge is 2.07. The van der Waals surface area contributed by atoms with Crippen molar-refractivity contribution in [2.75, 3.05) is 18.6 Å². The Morgan fingerprint density at radius 2 is 2.00 bits per heavy atom. The number of hydrogen-bond acceptors (Lipinski definition) is 4. The van der Waals surface area contributed by atoms with Gasteiger partial charge in [-0.05, 0) is 12.1 Å². The van der Waals surface area contributed by atoms with Gasteiger partial charge in [-0.2, -0.15) is 0 Å². The van der Waals surface area contributed by atoms with Crippen LogP contribution in [-0.4, -0.2) is 12.2 Å². The van der Waals surface area contributed by atoms with Gasteiger partial charge in [-0.15, -0.1) is 0 Å². The number of ether oxygens (including phenoxy) is 1. The molecule has 0 aliphatic rings. The van der Waals surface area contributed by atoms with Gasteiger partial charge in [0.1, 0.15) is 11.4 Å². The molecule has 0 fully saturated rings. The molecule has 1 aromatic carbocycles. The summed E-state index contributed by atoms with van der Waals surface area (Å²) in [5, 5.41) is 9.10. The summed E-state index contributed by atoms with van der Waals surface area (Å²) in [7, 11) is 1.45. The first-order valence-electron chi connectivity index (χ1n) is 3.07. The summed E-state index contributed by atoms with van der Waals surface area (Å²) in [5.41, 5.74) is 11.5. The van der Waals surface area contributed by atoms with Gasteiger partial charge in [0, 0.05) is 0 Å². The fourth-order valence-electron chi connectivity index (χ4n) is 0.834. The number of hydrogen-bond donors (Lipinski definition) is 3. The molecule has 0 aromatic heterocycles. The Bertz CT molecular complexity index is 273. The number of rotatable bonds is 1. The molecule has 0 saturated heterocycles. The fourth-order valence-corrected chi connectivity index (χ4v) is 0.834. The molecule has 5 N–H and O–H groups in total. The molecule has 0 amide bonds. The third kappa shape index (κ3) is 1.14. The average Bonchev–Trinajstić information content (AvgIpc) is 1.99. The summed E-state index contributed by atoms with van der Waals surface area (Å²) in [4.78, 5) is 0. The minimum atomic E-state index is -0.0175. The predicted molar refractivity (Wildman–Crippen MR) is 43.5 cm³/mol. The van der Waals surface area contributed by atoms with Crippen LogP contribution in [-0.2, 0) is 0 Å². The van der Waals surface area contributed by atoms with Crippen molar-refractivity contribution >= 4 is 11.4 Å². The summed E-state index contributed by atoms with van der Waals surface area (Å²) in [6.07, 6.45) is 0. The van der Waals surface area contributed by atoms with Crippen LogP contribution >= 0.6 is 0 Å². The Labute approximate surface area is 64.4 Å². The molecule has 60 valence electrons. The SMILES string of the molecule is COc1c(N)ccc(O)c1N. The Kier molecular flexibility index (Phi) is 1.76. The molecule has 4 heteroatoms. The standard InChI is InChI=1S/C7H10N2O2/c1-11-7-4(8)2-3-5(10)6(7)9/h2-3,10H,8-9H2,1H3. The lowest BCUT2D eigenvalue weighted by Crippen LogP contribution is -1.97. The number of anilines is 2. The average molecular weight is 154 g/mol. The van der Waals surface area contributed by atoms with Gasteiger partial charge in [0.25, 0.3) is 0 Å². The van der Waals surface area contributed by atoms with Gasteiger partial charge < -0.3 is 21.3 Å². The van der Waals surface area contributed by atoms with E-state index >= 15 is 0 Å². The van der Waals surface area contributed by atoms with Gasteiger partial charge in [0.15, 0.2) is 5.75 Å². The summed E-state index contributed by atoms with van der Waals surface area (Å²) in [6, 6.07) is 2.96. The molecule has 0 spiro atoms. The quantitative estimate of drug-likeness (QED) is 0.313. The largest absolute Gasteiger partial charge is 0.506 e. The Morgan fingerprint density at radius 1 is 1.36 bits per heavy atom. The molecule has 0 bridgehead atoms. The van der Waals surface area contributed by atoms with Crippen LogP contribution < -0.4 is 16.2 Å². The molecule has 1 aromatic rings. The van der Waals surface area contributed by atoms with Gasteiger partial charge >= 0.3 is 0 Å². The van der Waals surface area contributed by atoms with E-state index in [0.717, 1.165) is 0 Å². The third-order valence-electron chi connectivity index (χ3n) is 1.41. The normalized spacial score (nSPS) is 9.55. The molecule has 0 aliphatic carbocycles. The first kappa shape index (κ1) is 7.53. The van der Waals surface area contributed by atoms with Crippen molar-refractivity contribution in [2.45, 2.75) is 0 Å². The lowest BCUT2D eigenvalue weighted by Gasteiger charge is -2.07. The van der Waals surface area contributed by atoms with Crippen molar-refractivity contribution in [3.63, 3.8) is 0 Å². The van der Waals surface area contributed by atoms with Crippen LogP contribution in [0.5, 0.6) is 11.5 Å². The first-order valence-corrected chi connectivity index (χ1v) is 3.07. The number of methoxy groups -OCH3 is 1. The number of aromatic hydroxyl groups is 1. The van der Waals surface area contributed by atoms with Crippen molar-refractivity contribution in [1.82, 2.24) is 0 Å². The van der Waals surface area contributed by atoms with Crippen LogP contribution in [0.25, 0.3) is 0 Å². The zero-order chi connectivity index (χ0) is 8.43. The summed E-state index contributed by atoms with van der Waals surface area (Å²) in [5.74, 6) is 0.307.